The van der Waals surface area contributed by atoms with Gasteiger partial charge in [-0.05, 0) is 62.6 Å². The van der Waals surface area contributed by atoms with Crippen LogP contribution < -0.4 is 5.32 Å². The number of aryl methyl sites for hydroxylation is 1. The zero-order chi connectivity index (χ0) is 19.9. The Kier molecular flexibility index (Phi) is 6.77. The molecule has 1 N–H and O–H groups in total. The number of likely N-dealkylation sites (tertiary alicyclic amines) is 1. The zero-order valence-electron chi connectivity index (χ0n) is 17.0. The monoisotopic (exact) mass is 397 g/mol. The summed E-state index contributed by atoms with van der Waals surface area (Å²) in [5, 5.41) is 7.68. The predicted molar refractivity (Wildman–Crippen MR) is 112 cm³/mol. The molecule has 156 valence electrons. The van der Waals surface area contributed by atoms with Gasteiger partial charge in [0.2, 0.25) is 0 Å². The van der Waals surface area contributed by atoms with Gasteiger partial charge >= 0.3 is 0 Å². The van der Waals surface area contributed by atoms with E-state index in [1.165, 1.54) is 6.42 Å². The lowest BCUT2D eigenvalue weighted by Crippen LogP contribution is -2.44. The van der Waals surface area contributed by atoms with Gasteiger partial charge in [0.25, 0.3) is 5.91 Å². The molecule has 1 atom stereocenters. The molecule has 4 heterocycles. The van der Waals surface area contributed by atoms with Gasteiger partial charge in [-0.1, -0.05) is 0 Å². The number of amides is 1. The van der Waals surface area contributed by atoms with Crippen molar-refractivity contribution in [2.24, 2.45) is 5.92 Å². The van der Waals surface area contributed by atoms with Crippen LogP contribution in [0.5, 0.6) is 0 Å². The molecule has 0 saturated carbocycles. The van der Waals surface area contributed by atoms with Crippen molar-refractivity contribution in [3.63, 3.8) is 0 Å². The summed E-state index contributed by atoms with van der Waals surface area (Å²) in [5.74, 6) is 1.57. The number of ether oxygens (including phenoxy) is 1. The van der Waals surface area contributed by atoms with Gasteiger partial charge in [0.05, 0.1) is 5.56 Å². The molecular weight excluding hydrogens is 366 g/mol. The highest BCUT2D eigenvalue weighted by molar-refractivity contribution is 5.94. The molecule has 0 unspecified atom stereocenters. The third-order valence-electron chi connectivity index (χ3n) is 6.06. The molecule has 1 amide bonds. The van der Waals surface area contributed by atoms with Crippen LogP contribution in [-0.2, 0) is 11.3 Å². The van der Waals surface area contributed by atoms with E-state index in [0.717, 1.165) is 70.8 Å². The summed E-state index contributed by atoms with van der Waals surface area (Å²) >= 11 is 0. The van der Waals surface area contributed by atoms with Crippen LogP contribution in [0.15, 0.2) is 36.8 Å². The quantitative estimate of drug-likeness (QED) is 0.777. The minimum Gasteiger partial charge on any atom is -0.381 e. The summed E-state index contributed by atoms with van der Waals surface area (Å²) in [6.45, 7) is 4.28. The second-order valence-corrected chi connectivity index (χ2v) is 8.07. The number of hydrogen-bond acceptors (Lipinski definition) is 5. The maximum atomic E-state index is 13.1. The Morgan fingerprint density at radius 2 is 2.10 bits per heavy atom. The van der Waals surface area contributed by atoms with Crippen LogP contribution in [0.3, 0.4) is 0 Å². The molecule has 7 nitrogen and oxygen atoms in total. The second-order valence-electron chi connectivity index (χ2n) is 8.07. The first-order valence-electron chi connectivity index (χ1n) is 10.9. The molecule has 29 heavy (non-hydrogen) atoms. The van der Waals surface area contributed by atoms with Crippen LogP contribution in [0.4, 0.5) is 5.82 Å². The largest absolute Gasteiger partial charge is 0.381 e. The minimum absolute atomic E-state index is 0.0960. The fourth-order valence-corrected chi connectivity index (χ4v) is 4.27. The summed E-state index contributed by atoms with van der Waals surface area (Å²) in [6, 6.07) is 6.04. The number of aromatic nitrogens is 3. The SMILES string of the molecule is O=C(c1ccc(NCC2CCOCC2)nc1)N1CCCC[C@@H]1CCn1cccn1. The first-order valence-corrected chi connectivity index (χ1v) is 10.9. The highest BCUT2D eigenvalue weighted by atomic mass is 16.5. The van der Waals surface area contributed by atoms with Crippen LogP contribution in [0.25, 0.3) is 0 Å². The van der Waals surface area contributed by atoms with Crippen LogP contribution in [0.2, 0.25) is 0 Å². The Morgan fingerprint density at radius 3 is 2.86 bits per heavy atom. The van der Waals surface area contributed by atoms with Gasteiger partial charge in [-0.15, -0.1) is 0 Å². The normalized spacial score (nSPS) is 20.6. The summed E-state index contributed by atoms with van der Waals surface area (Å²) < 4.78 is 7.35. The van der Waals surface area contributed by atoms with E-state index in [2.05, 4.69) is 15.4 Å². The van der Waals surface area contributed by atoms with E-state index in [9.17, 15) is 4.79 Å². The number of hydrogen-bond donors (Lipinski definition) is 1. The van der Waals surface area contributed by atoms with Gasteiger partial charge in [0.1, 0.15) is 5.82 Å². The number of carbonyl (C=O) groups excluding carboxylic acids is 1. The lowest BCUT2D eigenvalue weighted by atomic mass is 9.98. The molecule has 0 radical (unpaired) electrons. The van der Waals surface area contributed by atoms with Crippen molar-refractivity contribution in [2.45, 2.75) is 51.1 Å². The van der Waals surface area contributed by atoms with E-state index in [-0.39, 0.29) is 11.9 Å². The molecule has 2 fully saturated rings. The first kappa shape index (κ1) is 19.9. The van der Waals surface area contributed by atoms with E-state index in [0.29, 0.717) is 11.5 Å². The Hall–Kier alpha value is -2.41. The van der Waals surface area contributed by atoms with Crippen molar-refractivity contribution in [3.05, 3.63) is 42.4 Å². The molecule has 7 heteroatoms. The van der Waals surface area contributed by atoms with Crippen LogP contribution >= 0.6 is 0 Å². The maximum absolute atomic E-state index is 13.1. The first-order chi connectivity index (χ1) is 14.3. The Morgan fingerprint density at radius 1 is 1.21 bits per heavy atom. The number of piperidine rings is 1. The van der Waals surface area contributed by atoms with Crippen molar-refractivity contribution in [1.29, 1.82) is 0 Å². The van der Waals surface area contributed by atoms with Crippen molar-refractivity contribution in [1.82, 2.24) is 19.7 Å². The Balaban J connectivity index is 1.32. The molecule has 0 aliphatic carbocycles. The maximum Gasteiger partial charge on any atom is 0.255 e. The van der Waals surface area contributed by atoms with Gasteiger partial charge in [-0.3, -0.25) is 9.48 Å². The van der Waals surface area contributed by atoms with E-state index in [4.69, 9.17) is 4.74 Å². The van der Waals surface area contributed by atoms with Crippen LogP contribution in [0, 0.1) is 5.92 Å². The van der Waals surface area contributed by atoms with Crippen LogP contribution in [0.1, 0.15) is 48.9 Å². The van der Waals surface area contributed by atoms with E-state index in [1.54, 1.807) is 12.4 Å². The number of nitrogens with zero attached hydrogens (tertiary/aromatic N) is 4. The lowest BCUT2D eigenvalue weighted by molar-refractivity contribution is 0.0593. The number of anilines is 1. The summed E-state index contributed by atoms with van der Waals surface area (Å²) in [4.78, 5) is 19.6. The highest BCUT2D eigenvalue weighted by Crippen LogP contribution is 2.23. The summed E-state index contributed by atoms with van der Waals surface area (Å²) in [6.07, 6.45) is 11.9. The lowest BCUT2D eigenvalue weighted by Gasteiger charge is -2.36. The molecule has 2 aliphatic rings. The van der Waals surface area contributed by atoms with Crippen molar-refractivity contribution in [3.8, 4) is 0 Å². The molecule has 2 saturated heterocycles. The minimum atomic E-state index is 0.0960. The van der Waals surface area contributed by atoms with Gasteiger partial charge in [-0.25, -0.2) is 4.98 Å². The standard InChI is InChI=1S/C22H31N5O2/c28-22(27-12-2-1-4-20(27)7-13-26-11-3-10-25-26)19-5-6-21(24-17-19)23-16-18-8-14-29-15-9-18/h3,5-6,10-11,17-18,20H,1-2,4,7-9,12-16H2,(H,23,24)/t20-/m1/s1. The molecule has 2 aromatic rings. The van der Waals surface area contributed by atoms with Crippen molar-refractivity contribution in [2.75, 3.05) is 31.6 Å². The van der Waals surface area contributed by atoms with Crippen molar-refractivity contribution >= 4 is 11.7 Å². The van der Waals surface area contributed by atoms with Gasteiger partial charge in [0, 0.05) is 57.5 Å². The average Bonchev–Trinajstić information content (AvgIpc) is 3.31. The van der Waals surface area contributed by atoms with E-state index >= 15 is 0 Å². The third kappa shape index (κ3) is 5.35. The van der Waals surface area contributed by atoms with E-state index in [1.807, 2.05) is 34.0 Å². The summed E-state index contributed by atoms with van der Waals surface area (Å²) in [7, 11) is 0. The molecular formula is C22H31N5O2. The smallest absolute Gasteiger partial charge is 0.255 e. The van der Waals surface area contributed by atoms with Gasteiger partial charge in [-0.2, -0.15) is 5.10 Å². The average molecular weight is 398 g/mol. The number of carbonyl (C=O) groups is 1. The topological polar surface area (TPSA) is 72.3 Å². The number of rotatable bonds is 7. The molecule has 0 bridgehead atoms. The third-order valence-corrected chi connectivity index (χ3v) is 6.06. The van der Waals surface area contributed by atoms with E-state index < -0.39 is 0 Å². The Bertz CT molecular complexity index is 756. The van der Waals surface area contributed by atoms with Gasteiger partial charge < -0.3 is 15.0 Å². The van der Waals surface area contributed by atoms with Crippen molar-refractivity contribution < 1.29 is 9.53 Å². The number of pyridine rings is 1. The number of nitrogens with one attached hydrogen (secondary N) is 1. The molecule has 2 aliphatic heterocycles. The molecule has 0 aromatic carbocycles. The summed E-state index contributed by atoms with van der Waals surface area (Å²) in [5.41, 5.74) is 0.674. The zero-order valence-corrected chi connectivity index (χ0v) is 17.0. The Labute approximate surface area is 172 Å². The fraction of sp³-hybridized carbons (Fsp3) is 0.591. The molecule has 2 aromatic heterocycles. The molecule has 4 rings (SSSR count). The highest BCUT2D eigenvalue weighted by Gasteiger charge is 2.27. The van der Waals surface area contributed by atoms with Gasteiger partial charge in [0.15, 0.2) is 0 Å². The predicted octanol–water partition coefficient (Wildman–Crippen LogP) is 3.20. The second kappa shape index (κ2) is 9.87. The fourth-order valence-electron chi connectivity index (χ4n) is 4.27. The molecule has 0 spiro atoms. The van der Waals surface area contributed by atoms with Crippen LogP contribution in [-0.4, -0.2) is 57.9 Å².